The predicted octanol–water partition coefficient (Wildman–Crippen LogP) is 6.98. The van der Waals surface area contributed by atoms with Gasteiger partial charge in [0.05, 0.1) is 0 Å². The van der Waals surface area contributed by atoms with Crippen molar-refractivity contribution in [2.24, 2.45) is 0 Å². The fraction of sp³-hybridized carbons (Fsp3) is 0.455. The van der Waals surface area contributed by atoms with Gasteiger partial charge in [0.2, 0.25) is 0 Å². The maximum absolute atomic E-state index is 3.72. The molecule has 0 aliphatic carbocycles. The van der Waals surface area contributed by atoms with Gasteiger partial charge in [-0.2, -0.15) is 0 Å². The van der Waals surface area contributed by atoms with Gasteiger partial charge < -0.3 is 10.6 Å². The summed E-state index contributed by atoms with van der Waals surface area (Å²) in [6.07, 6.45) is 9.12. The summed E-state index contributed by atoms with van der Waals surface area (Å²) in [6.45, 7) is 4.54. The highest BCUT2D eigenvalue weighted by Crippen LogP contribution is 2.21. The fourth-order valence-electron chi connectivity index (χ4n) is 3.03. The molecular formula is C22H32N2. The molecule has 1 unspecified atom stereocenters. The second-order valence-corrected chi connectivity index (χ2v) is 6.55. The normalized spacial score (nSPS) is 11.9. The van der Waals surface area contributed by atoms with Crippen molar-refractivity contribution in [1.29, 1.82) is 0 Å². The first kappa shape index (κ1) is 18.4. The minimum atomic E-state index is 0.597. The van der Waals surface area contributed by atoms with Gasteiger partial charge in [-0.05, 0) is 49.2 Å². The number of para-hydroxylation sites is 1. The fourth-order valence-corrected chi connectivity index (χ4v) is 3.03. The summed E-state index contributed by atoms with van der Waals surface area (Å²) < 4.78 is 0. The van der Waals surface area contributed by atoms with E-state index in [-0.39, 0.29) is 0 Å². The van der Waals surface area contributed by atoms with Crippen LogP contribution < -0.4 is 10.6 Å². The number of benzene rings is 2. The first-order valence-electron chi connectivity index (χ1n) is 9.50. The van der Waals surface area contributed by atoms with Crippen molar-refractivity contribution in [3.05, 3.63) is 54.6 Å². The molecule has 0 fully saturated rings. The quantitative estimate of drug-likeness (QED) is 0.436. The van der Waals surface area contributed by atoms with Crippen molar-refractivity contribution in [3.63, 3.8) is 0 Å². The number of unbranched alkanes of at least 4 members (excludes halogenated alkanes) is 3. The van der Waals surface area contributed by atoms with E-state index in [9.17, 15) is 0 Å². The van der Waals surface area contributed by atoms with Gasteiger partial charge in [-0.1, -0.05) is 64.2 Å². The monoisotopic (exact) mass is 324 g/mol. The Hall–Kier alpha value is -1.96. The molecule has 2 N–H and O–H groups in total. The Morgan fingerprint density at radius 2 is 1.33 bits per heavy atom. The Morgan fingerprint density at radius 3 is 2.00 bits per heavy atom. The van der Waals surface area contributed by atoms with Crippen LogP contribution >= 0.6 is 0 Å². The molecule has 24 heavy (non-hydrogen) atoms. The molecule has 0 bridgehead atoms. The number of nitrogens with one attached hydrogen (secondary N) is 2. The Morgan fingerprint density at radius 1 is 0.667 bits per heavy atom. The van der Waals surface area contributed by atoms with Crippen LogP contribution in [-0.4, -0.2) is 6.04 Å². The van der Waals surface area contributed by atoms with E-state index in [1.807, 2.05) is 18.2 Å². The van der Waals surface area contributed by atoms with Gasteiger partial charge in [0.1, 0.15) is 0 Å². The van der Waals surface area contributed by atoms with Crippen LogP contribution in [0.3, 0.4) is 0 Å². The first-order valence-corrected chi connectivity index (χ1v) is 9.50. The molecule has 1 atom stereocenters. The Labute approximate surface area is 147 Å². The van der Waals surface area contributed by atoms with Gasteiger partial charge in [-0.3, -0.25) is 0 Å². The standard InChI is InChI=1S/C22H32N2/c1-3-5-6-8-12-19(11-4-2)23-21-15-17-22(18-16-21)24-20-13-9-7-10-14-20/h7,9-10,13-19,23-24H,3-6,8,11-12H2,1-2H3. The summed E-state index contributed by atoms with van der Waals surface area (Å²) in [5.74, 6) is 0. The molecule has 0 aromatic heterocycles. The smallest absolute Gasteiger partial charge is 0.0385 e. The summed E-state index contributed by atoms with van der Waals surface area (Å²) >= 11 is 0. The minimum absolute atomic E-state index is 0.597. The molecule has 2 aromatic carbocycles. The SMILES string of the molecule is CCCCCCC(CCC)Nc1ccc(Nc2ccccc2)cc1. The highest BCUT2D eigenvalue weighted by Gasteiger charge is 2.07. The maximum Gasteiger partial charge on any atom is 0.0385 e. The van der Waals surface area contributed by atoms with Crippen LogP contribution in [0.15, 0.2) is 54.6 Å². The third kappa shape index (κ3) is 6.66. The summed E-state index contributed by atoms with van der Waals surface area (Å²) in [5, 5.41) is 7.15. The van der Waals surface area contributed by atoms with Gasteiger partial charge in [0.25, 0.3) is 0 Å². The lowest BCUT2D eigenvalue weighted by Gasteiger charge is -2.20. The van der Waals surface area contributed by atoms with Gasteiger partial charge in [0, 0.05) is 23.1 Å². The molecule has 0 saturated carbocycles. The van der Waals surface area contributed by atoms with E-state index in [1.54, 1.807) is 0 Å². The summed E-state index contributed by atoms with van der Waals surface area (Å²) in [6, 6.07) is 19.6. The third-order valence-electron chi connectivity index (χ3n) is 4.36. The molecule has 0 heterocycles. The van der Waals surface area contributed by atoms with E-state index in [0.717, 1.165) is 11.4 Å². The molecule has 2 rings (SSSR count). The predicted molar refractivity (Wildman–Crippen MR) is 107 cm³/mol. The number of anilines is 3. The summed E-state index contributed by atoms with van der Waals surface area (Å²) in [4.78, 5) is 0. The Balaban J connectivity index is 1.86. The van der Waals surface area contributed by atoms with Gasteiger partial charge in [-0.15, -0.1) is 0 Å². The molecule has 0 amide bonds. The lowest BCUT2D eigenvalue weighted by Crippen LogP contribution is -2.19. The number of rotatable bonds is 11. The van der Waals surface area contributed by atoms with Crippen LogP contribution in [0.1, 0.15) is 58.8 Å². The summed E-state index contributed by atoms with van der Waals surface area (Å²) in [5.41, 5.74) is 3.47. The van der Waals surface area contributed by atoms with Gasteiger partial charge >= 0.3 is 0 Å². The highest BCUT2D eigenvalue weighted by molar-refractivity contribution is 5.62. The van der Waals surface area contributed by atoms with E-state index < -0.39 is 0 Å². The molecular weight excluding hydrogens is 292 g/mol. The van der Waals surface area contributed by atoms with Crippen LogP contribution in [-0.2, 0) is 0 Å². The van der Waals surface area contributed by atoms with Gasteiger partial charge in [-0.25, -0.2) is 0 Å². The first-order chi connectivity index (χ1) is 11.8. The molecule has 130 valence electrons. The zero-order valence-corrected chi connectivity index (χ0v) is 15.2. The molecule has 0 aliphatic rings. The molecule has 0 spiro atoms. The number of hydrogen-bond donors (Lipinski definition) is 2. The average molecular weight is 325 g/mol. The molecule has 2 heteroatoms. The Bertz CT molecular complexity index is 548. The molecule has 0 radical (unpaired) electrons. The van der Waals surface area contributed by atoms with E-state index in [2.05, 4.69) is 60.9 Å². The van der Waals surface area contributed by atoms with Crippen LogP contribution in [0.25, 0.3) is 0 Å². The van der Waals surface area contributed by atoms with Crippen LogP contribution in [0.2, 0.25) is 0 Å². The van der Waals surface area contributed by atoms with Crippen molar-refractivity contribution >= 4 is 17.1 Å². The topological polar surface area (TPSA) is 24.1 Å². The second-order valence-electron chi connectivity index (χ2n) is 6.55. The van der Waals surface area contributed by atoms with Crippen LogP contribution in [0.5, 0.6) is 0 Å². The lowest BCUT2D eigenvalue weighted by atomic mass is 10.0. The van der Waals surface area contributed by atoms with Crippen molar-refractivity contribution in [1.82, 2.24) is 0 Å². The van der Waals surface area contributed by atoms with Crippen molar-refractivity contribution in [3.8, 4) is 0 Å². The zero-order valence-electron chi connectivity index (χ0n) is 15.2. The van der Waals surface area contributed by atoms with Gasteiger partial charge in [0.15, 0.2) is 0 Å². The van der Waals surface area contributed by atoms with Crippen molar-refractivity contribution in [2.75, 3.05) is 10.6 Å². The molecule has 2 nitrogen and oxygen atoms in total. The molecule has 0 aliphatic heterocycles. The van der Waals surface area contributed by atoms with E-state index >= 15 is 0 Å². The third-order valence-corrected chi connectivity index (χ3v) is 4.36. The molecule has 0 saturated heterocycles. The largest absolute Gasteiger partial charge is 0.382 e. The van der Waals surface area contributed by atoms with Crippen LogP contribution in [0.4, 0.5) is 17.1 Å². The van der Waals surface area contributed by atoms with E-state index in [1.165, 1.54) is 50.6 Å². The minimum Gasteiger partial charge on any atom is -0.382 e. The van der Waals surface area contributed by atoms with Crippen molar-refractivity contribution in [2.45, 2.75) is 64.8 Å². The Kier molecular flexibility index (Phi) is 8.23. The lowest BCUT2D eigenvalue weighted by molar-refractivity contribution is 0.541. The van der Waals surface area contributed by atoms with Crippen molar-refractivity contribution < 1.29 is 0 Å². The summed E-state index contributed by atoms with van der Waals surface area (Å²) in [7, 11) is 0. The van der Waals surface area contributed by atoms with Crippen LogP contribution in [0, 0.1) is 0 Å². The maximum atomic E-state index is 3.72. The average Bonchev–Trinajstić information content (AvgIpc) is 2.61. The zero-order chi connectivity index (χ0) is 17.0. The number of hydrogen-bond acceptors (Lipinski definition) is 2. The second kappa shape index (κ2) is 10.7. The highest BCUT2D eigenvalue weighted by atomic mass is 14.9. The van der Waals surface area contributed by atoms with E-state index in [4.69, 9.17) is 0 Å². The van der Waals surface area contributed by atoms with E-state index in [0.29, 0.717) is 6.04 Å². The molecule has 2 aromatic rings.